The van der Waals surface area contributed by atoms with Crippen LogP contribution in [0.4, 0.5) is 0 Å². The van der Waals surface area contributed by atoms with Crippen LogP contribution in [0.1, 0.15) is 18.6 Å². The van der Waals surface area contributed by atoms with Crippen molar-refractivity contribution in [2.24, 2.45) is 0 Å². The van der Waals surface area contributed by atoms with Crippen molar-refractivity contribution in [2.75, 3.05) is 6.61 Å². The van der Waals surface area contributed by atoms with Gasteiger partial charge in [0.05, 0.1) is 24.1 Å². The third-order valence-corrected chi connectivity index (χ3v) is 5.22. The van der Waals surface area contributed by atoms with E-state index in [1.165, 1.54) is 4.57 Å². The molecule has 1 aromatic carbocycles. The van der Waals surface area contributed by atoms with Crippen molar-refractivity contribution >= 4 is 16.9 Å². The number of aliphatic hydroxyl groups excluding tert-OH is 1. The zero-order valence-corrected chi connectivity index (χ0v) is 15.6. The van der Waals surface area contributed by atoms with Gasteiger partial charge in [-0.25, -0.2) is 4.52 Å². The minimum atomic E-state index is -0.791. The smallest absolute Gasteiger partial charge is 0.276 e. The Hall–Kier alpha value is -2.90. The van der Waals surface area contributed by atoms with Crippen molar-refractivity contribution in [1.82, 2.24) is 14.2 Å². The fourth-order valence-electron chi connectivity index (χ4n) is 2.96. The van der Waals surface area contributed by atoms with Gasteiger partial charge in [0.2, 0.25) is 0 Å². The minimum absolute atomic E-state index is 0.169. The number of rotatable bonds is 6. The second kappa shape index (κ2) is 7.38. The summed E-state index contributed by atoms with van der Waals surface area (Å²) in [5, 5.41) is 17.0. The highest BCUT2D eigenvalue weighted by Crippen LogP contribution is 2.24. The summed E-state index contributed by atoms with van der Waals surface area (Å²) < 4.78 is 8.50. The van der Waals surface area contributed by atoms with Crippen LogP contribution in [0.5, 0.6) is 5.75 Å². The predicted octanol–water partition coefficient (Wildman–Crippen LogP) is 3.36. The van der Waals surface area contributed by atoms with Gasteiger partial charge in [-0.1, -0.05) is 18.2 Å². The van der Waals surface area contributed by atoms with Crippen molar-refractivity contribution < 1.29 is 9.84 Å². The SMILES string of the molecule is CCOc1ccc([C@@H](O)Cn2ccn3nc(-c4cccs4)cc3c2=O)cc1. The molecule has 0 aliphatic carbocycles. The van der Waals surface area contributed by atoms with Gasteiger partial charge in [0.25, 0.3) is 5.56 Å². The van der Waals surface area contributed by atoms with E-state index in [0.717, 1.165) is 21.9 Å². The molecule has 6 nitrogen and oxygen atoms in total. The van der Waals surface area contributed by atoms with Gasteiger partial charge in [-0.2, -0.15) is 5.10 Å². The molecule has 1 atom stereocenters. The Labute approximate surface area is 159 Å². The summed E-state index contributed by atoms with van der Waals surface area (Å²) in [6.45, 7) is 2.69. The molecule has 0 bridgehead atoms. The first-order valence-corrected chi connectivity index (χ1v) is 9.57. The average Bonchev–Trinajstić information content (AvgIpc) is 3.34. The van der Waals surface area contributed by atoms with Crippen molar-refractivity contribution in [1.29, 1.82) is 0 Å². The van der Waals surface area contributed by atoms with E-state index in [1.54, 1.807) is 34.3 Å². The maximum atomic E-state index is 12.8. The maximum absolute atomic E-state index is 12.8. The van der Waals surface area contributed by atoms with Crippen LogP contribution < -0.4 is 10.3 Å². The highest BCUT2D eigenvalue weighted by molar-refractivity contribution is 7.13. The largest absolute Gasteiger partial charge is 0.494 e. The molecular formula is C20H19N3O3S. The van der Waals surface area contributed by atoms with Crippen LogP contribution in [0.15, 0.2) is 65.0 Å². The fraction of sp³-hybridized carbons (Fsp3) is 0.200. The van der Waals surface area contributed by atoms with E-state index in [-0.39, 0.29) is 12.1 Å². The molecule has 0 aliphatic heterocycles. The van der Waals surface area contributed by atoms with E-state index < -0.39 is 6.10 Å². The summed E-state index contributed by atoms with van der Waals surface area (Å²) in [6, 6.07) is 13.0. The van der Waals surface area contributed by atoms with Crippen LogP contribution in [0, 0.1) is 0 Å². The van der Waals surface area contributed by atoms with Gasteiger partial charge in [-0.05, 0) is 42.1 Å². The minimum Gasteiger partial charge on any atom is -0.494 e. The van der Waals surface area contributed by atoms with E-state index in [9.17, 15) is 9.90 Å². The number of fused-ring (bicyclic) bond motifs is 1. The van der Waals surface area contributed by atoms with E-state index >= 15 is 0 Å². The lowest BCUT2D eigenvalue weighted by Crippen LogP contribution is -2.24. The topological polar surface area (TPSA) is 68.8 Å². The van der Waals surface area contributed by atoms with Crippen LogP contribution in [0.3, 0.4) is 0 Å². The van der Waals surface area contributed by atoms with Gasteiger partial charge in [0.15, 0.2) is 0 Å². The van der Waals surface area contributed by atoms with Gasteiger partial charge in [0, 0.05) is 12.4 Å². The number of hydrogen-bond acceptors (Lipinski definition) is 5. The predicted molar refractivity (Wildman–Crippen MR) is 105 cm³/mol. The molecule has 0 unspecified atom stereocenters. The highest BCUT2D eigenvalue weighted by atomic mass is 32.1. The van der Waals surface area contributed by atoms with Crippen molar-refractivity contribution in [3.63, 3.8) is 0 Å². The third-order valence-electron chi connectivity index (χ3n) is 4.32. The summed E-state index contributed by atoms with van der Waals surface area (Å²) in [5.74, 6) is 0.757. The Kier molecular flexibility index (Phi) is 4.79. The number of hydrogen-bond donors (Lipinski definition) is 1. The Bertz CT molecular complexity index is 1100. The molecule has 4 aromatic rings. The molecule has 1 N–H and O–H groups in total. The summed E-state index contributed by atoms with van der Waals surface area (Å²) >= 11 is 1.58. The molecule has 4 rings (SSSR count). The number of aromatic nitrogens is 3. The van der Waals surface area contributed by atoms with Gasteiger partial charge in [-0.3, -0.25) is 4.79 Å². The lowest BCUT2D eigenvalue weighted by atomic mass is 10.1. The van der Waals surface area contributed by atoms with Crippen LogP contribution in [0.2, 0.25) is 0 Å². The molecule has 0 aliphatic rings. The van der Waals surface area contributed by atoms with Gasteiger partial charge >= 0.3 is 0 Å². The molecule has 0 amide bonds. The first kappa shape index (κ1) is 17.5. The van der Waals surface area contributed by atoms with Crippen LogP contribution in [-0.4, -0.2) is 25.9 Å². The molecule has 0 saturated carbocycles. The quantitative estimate of drug-likeness (QED) is 0.556. The number of aliphatic hydroxyl groups is 1. The zero-order valence-electron chi connectivity index (χ0n) is 14.8. The Morgan fingerprint density at radius 2 is 2.04 bits per heavy atom. The Morgan fingerprint density at radius 3 is 2.74 bits per heavy atom. The fourth-order valence-corrected chi connectivity index (χ4v) is 3.64. The van der Waals surface area contributed by atoms with Crippen LogP contribution >= 0.6 is 11.3 Å². The van der Waals surface area contributed by atoms with E-state index in [4.69, 9.17) is 4.74 Å². The molecule has 0 spiro atoms. The Balaban J connectivity index is 1.60. The number of benzene rings is 1. The third kappa shape index (κ3) is 3.51. The molecule has 0 saturated heterocycles. The molecular weight excluding hydrogens is 362 g/mol. The van der Waals surface area contributed by atoms with Crippen LogP contribution in [0.25, 0.3) is 16.1 Å². The average molecular weight is 381 g/mol. The lowest BCUT2D eigenvalue weighted by molar-refractivity contribution is 0.155. The number of nitrogens with zero attached hydrogens (tertiary/aromatic N) is 3. The summed E-state index contributed by atoms with van der Waals surface area (Å²) in [7, 11) is 0. The van der Waals surface area contributed by atoms with Crippen LogP contribution in [-0.2, 0) is 6.54 Å². The van der Waals surface area contributed by atoms with Gasteiger partial charge in [0.1, 0.15) is 17.0 Å². The molecule has 3 heterocycles. The zero-order chi connectivity index (χ0) is 18.8. The molecule has 3 aromatic heterocycles. The second-order valence-corrected chi connectivity index (χ2v) is 7.06. The molecule has 27 heavy (non-hydrogen) atoms. The standard InChI is InChI=1S/C20H19N3O3S/c1-2-26-15-7-5-14(6-8-15)18(24)13-22-9-10-23-17(20(22)25)12-16(21-23)19-4-3-11-27-19/h3-12,18,24H,2,13H2,1H3/t18-/m0/s1. The van der Waals surface area contributed by atoms with Crippen molar-refractivity contribution in [2.45, 2.75) is 19.6 Å². The van der Waals surface area contributed by atoms with Crippen molar-refractivity contribution in [3.05, 3.63) is 76.2 Å². The van der Waals surface area contributed by atoms with Gasteiger partial charge in [-0.15, -0.1) is 11.3 Å². The summed E-state index contributed by atoms with van der Waals surface area (Å²) in [4.78, 5) is 13.8. The number of thiophene rings is 1. The first-order chi connectivity index (χ1) is 13.2. The maximum Gasteiger partial charge on any atom is 0.276 e. The molecule has 7 heteroatoms. The summed E-state index contributed by atoms with van der Waals surface area (Å²) in [6.07, 6.45) is 2.59. The first-order valence-electron chi connectivity index (χ1n) is 8.69. The molecule has 138 valence electrons. The van der Waals surface area contributed by atoms with E-state index in [2.05, 4.69) is 5.10 Å². The van der Waals surface area contributed by atoms with E-state index in [0.29, 0.717) is 12.1 Å². The Morgan fingerprint density at radius 1 is 1.22 bits per heavy atom. The van der Waals surface area contributed by atoms with E-state index in [1.807, 2.05) is 48.7 Å². The number of ether oxygens (including phenoxy) is 1. The monoisotopic (exact) mass is 381 g/mol. The van der Waals surface area contributed by atoms with Gasteiger partial charge < -0.3 is 14.4 Å². The lowest BCUT2D eigenvalue weighted by Gasteiger charge is -2.14. The molecule has 0 fully saturated rings. The second-order valence-electron chi connectivity index (χ2n) is 6.11. The highest BCUT2D eigenvalue weighted by Gasteiger charge is 2.13. The summed E-state index contributed by atoms with van der Waals surface area (Å²) in [5.41, 5.74) is 1.81. The van der Waals surface area contributed by atoms with Crippen molar-refractivity contribution in [3.8, 4) is 16.3 Å². The molecule has 0 radical (unpaired) electrons. The normalized spacial score (nSPS) is 12.4.